The third-order valence-corrected chi connectivity index (χ3v) is 10.6. The zero-order valence-corrected chi connectivity index (χ0v) is 22.3. The van der Waals surface area contributed by atoms with Gasteiger partial charge < -0.3 is 4.74 Å². The summed E-state index contributed by atoms with van der Waals surface area (Å²) in [5.74, 6) is 2.12. The minimum atomic E-state index is -0.665. The molecule has 0 spiro atoms. The fraction of sp³-hybridized carbons (Fsp3) is 0.800. The van der Waals surface area contributed by atoms with E-state index in [4.69, 9.17) is 4.74 Å². The highest BCUT2D eigenvalue weighted by Crippen LogP contribution is 2.59. The molecule has 4 rings (SSSR count). The fourth-order valence-electron chi connectivity index (χ4n) is 8.28. The molecule has 184 valence electrons. The van der Waals surface area contributed by atoms with Crippen LogP contribution in [0.1, 0.15) is 107 Å². The van der Waals surface area contributed by atoms with Gasteiger partial charge in [-0.3, -0.25) is 9.59 Å². The Morgan fingerprint density at radius 1 is 0.970 bits per heavy atom. The lowest BCUT2D eigenvalue weighted by molar-refractivity contribution is -0.165. The maximum atomic E-state index is 12.8. The van der Waals surface area contributed by atoms with Crippen molar-refractivity contribution in [3.05, 3.63) is 23.3 Å². The highest BCUT2D eigenvalue weighted by molar-refractivity contribution is 5.87. The predicted octanol–water partition coefficient (Wildman–Crippen LogP) is 7.24. The molecule has 0 aromatic rings. The van der Waals surface area contributed by atoms with Crippen LogP contribution in [0.4, 0.5) is 0 Å². The highest BCUT2D eigenvalue weighted by Gasteiger charge is 2.54. The lowest BCUT2D eigenvalue weighted by Gasteiger charge is -2.53. The summed E-state index contributed by atoms with van der Waals surface area (Å²) in [5, 5.41) is 0. The van der Waals surface area contributed by atoms with Crippen LogP contribution in [0.3, 0.4) is 0 Å². The van der Waals surface area contributed by atoms with E-state index in [9.17, 15) is 9.59 Å². The summed E-state index contributed by atoms with van der Waals surface area (Å²) >= 11 is 0. The summed E-state index contributed by atoms with van der Waals surface area (Å²) in [6.45, 7) is 17.7. The SMILES string of the molecule is CC1=C(CCC2C(C)CCC3OC(C)(C)C(=O)CCC32C)C2(C)CCC(=O)C(C)(C)C2C=C1. The van der Waals surface area contributed by atoms with Crippen LogP contribution in [0, 0.1) is 34.0 Å². The molecule has 2 saturated carbocycles. The Morgan fingerprint density at radius 2 is 1.64 bits per heavy atom. The first kappa shape index (κ1) is 24.9. The molecule has 0 aromatic carbocycles. The number of hydrogen-bond donors (Lipinski definition) is 0. The van der Waals surface area contributed by atoms with Crippen molar-refractivity contribution in [2.75, 3.05) is 0 Å². The Kier molecular flexibility index (Phi) is 6.17. The van der Waals surface area contributed by atoms with Crippen LogP contribution in [0.2, 0.25) is 0 Å². The molecular formula is C30H46O3. The number of carbonyl (C=O) groups is 2. The van der Waals surface area contributed by atoms with Gasteiger partial charge in [0.15, 0.2) is 5.78 Å². The zero-order valence-electron chi connectivity index (χ0n) is 22.3. The minimum absolute atomic E-state index is 0.0438. The first-order valence-corrected chi connectivity index (χ1v) is 13.4. The number of ether oxygens (including phenoxy) is 1. The van der Waals surface area contributed by atoms with Gasteiger partial charge in [-0.25, -0.2) is 0 Å². The van der Waals surface area contributed by atoms with Gasteiger partial charge in [0, 0.05) is 18.3 Å². The summed E-state index contributed by atoms with van der Waals surface area (Å²) in [4.78, 5) is 25.5. The molecule has 0 N–H and O–H groups in total. The molecule has 3 nitrogen and oxygen atoms in total. The van der Waals surface area contributed by atoms with Gasteiger partial charge in [-0.15, -0.1) is 0 Å². The summed E-state index contributed by atoms with van der Waals surface area (Å²) in [6.07, 6.45) is 12.5. The van der Waals surface area contributed by atoms with Crippen LogP contribution in [0.5, 0.6) is 0 Å². The summed E-state index contributed by atoms with van der Waals surface area (Å²) in [6, 6.07) is 0. The molecule has 1 saturated heterocycles. The van der Waals surface area contributed by atoms with Gasteiger partial charge in [-0.05, 0) is 87.9 Å². The van der Waals surface area contributed by atoms with E-state index in [1.807, 2.05) is 13.8 Å². The average Bonchev–Trinajstić information content (AvgIpc) is 2.81. The molecule has 0 amide bonds. The van der Waals surface area contributed by atoms with Crippen molar-refractivity contribution in [3.8, 4) is 0 Å². The van der Waals surface area contributed by atoms with E-state index < -0.39 is 5.60 Å². The maximum absolute atomic E-state index is 12.8. The van der Waals surface area contributed by atoms with E-state index in [1.54, 1.807) is 5.57 Å². The third-order valence-electron chi connectivity index (χ3n) is 10.6. The quantitative estimate of drug-likeness (QED) is 0.451. The van der Waals surface area contributed by atoms with Crippen LogP contribution in [0.15, 0.2) is 23.3 Å². The normalized spacial score (nSPS) is 42.5. The molecule has 3 fully saturated rings. The molecule has 1 heterocycles. The lowest BCUT2D eigenvalue weighted by Crippen LogP contribution is -2.50. The van der Waals surface area contributed by atoms with Crippen molar-refractivity contribution in [3.63, 3.8) is 0 Å². The Morgan fingerprint density at radius 3 is 2.33 bits per heavy atom. The Balaban J connectivity index is 1.60. The first-order chi connectivity index (χ1) is 15.2. The van der Waals surface area contributed by atoms with Gasteiger partial charge in [0.25, 0.3) is 0 Å². The van der Waals surface area contributed by atoms with E-state index in [0.717, 1.165) is 32.1 Å². The van der Waals surface area contributed by atoms with Crippen LogP contribution >= 0.6 is 0 Å². The summed E-state index contributed by atoms with van der Waals surface area (Å²) in [5.41, 5.74) is 2.11. The third kappa shape index (κ3) is 3.91. The van der Waals surface area contributed by atoms with Gasteiger partial charge in [0.2, 0.25) is 0 Å². The second-order valence-electron chi connectivity index (χ2n) is 13.3. The zero-order chi connectivity index (χ0) is 24.4. The largest absolute Gasteiger partial charge is 0.364 e. The predicted molar refractivity (Wildman–Crippen MR) is 134 cm³/mol. The molecule has 33 heavy (non-hydrogen) atoms. The van der Waals surface area contributed by atoms with E-state index in [2.05, 4.69) is 53.7 Å². The number of ketones is 2. The van der Waals surface area contributed by atoms with Crippen molar-refractivity contribution >= 4 is 11.6 Å². The second kappa shape index (κ2) is 8.18. The Hall–Kier alpha value is -1.22. The van der Waals surface area contributed by atoms with Crippen LogP contribution in [-0.2, 0) is 14.3 Å². The smallest absolute Gasteiger partial charge is 0.164 e. The fourth-order valence-corrected chi connectivity index (χ4v) is 8.28. The monoisotopic (exact) mass is 454 g/mol. The Bertz CT molecular complexity index is 890. The van der Waals surface area contributed by atoms with Crippen molar-refractivity contribution in [2.45, 2.75) is 118 Å². The number of hydrogen-bond acceptors (Lipinski definition) is 3. The van der Waals surface area contributed by atoms with E-state index in [1.165, 1.54) is 12.0 Å². The molecule has 4 aliphatic rings. The highest BCUT2D eigenvalue weighted by atomic mass is 16.5. The van der Waals surface area contributed by atoms with Gasteiger partial charge in [0.05, 0.1) is 6.10 Å². The number of Topliss-reactive ketones (excluding diaryl/α,β-unsaturated/α-hetero) is 2. The van der Waals surface area contributed by atoms with Gasteiger partial charge in [0.1, 0.15) is 11.4 Å². The minimum Gasteiger partial charge on any atom is -0.364 e. The Labute approximate surface area is 201 Å². The van der Waals surface area contributed by atoms with Crippen molar-refractivity contribution in [1.82, 2.24) is 0 Å². The number of carbonyl (C=O) groups excluding carboxylic acids is 2. The number of allylic oxidation sites excluding steroid dienone is 4. The average molecular weight is 455 g/mol. The molecule has 0 aromatic heterocycles. The van der Waals surface area contributed by atoms with Crippen LogP contribution < -0.4 is 0 Å². The van der Waals surface area contributed by atoms with Crippen LogP contribution in [0.25, 0.3) is 0 Å². The van der Waals surface area contributed by atoms with Gasteiger partial charge >= 0.3 is 0 Å². The molecule has 0 radical (unpaired) electrons. The standard InChI is InChI=1S/C30H46O3/c1-19-9-13-23-27(3,4)24(31)15-17-29(23,7)21(19)11-12-22-20(2)10-14-26-30(22,8)18-16-25(32)28(5,6)33-26/h9,13,20,22-23,26H,10-12,14-18H2,1-8H3. The van der Waals surface area contributed by atoms with Crippen molar-refractivity contribution in [2.24, 2.45) is 34.0 Å². The van der Waals surface area contributed by atoms with Gasteiger partial charge in [-0.2, -0.15) is 0 Å². The summed E-state index contributed by atoms with van der Waals surface area (Å²) < 4.78 is 6.54. The first-order valence-electron chi connectivity index (χ1n) is 13.4. The van der Waals surface area contributed by atoms with Crippen LogP contribution in [-0.4, -0.2) is 23.3 Å². The molecule has 1 aliphatic heterocycles. The molecule has 6 atom stereocenters. The summed E-state index contributed by atoms with van der Waals surface area (Å²) in [7, 11) is 0. The topological polar surface area (TPSA) is 43.4 Å². The number of fused-ring (bicyclic) bond motifs is 2. The van der Waals surface area contributed by atoms with E-state index in [-0.39, 0.29) is 34.1 Å². The molecular weight excluding hydrogens is 408 g/mol. The maximum Gasteiger partial charge on any atom is 0.164 e. The molecule has 3 heteroatoms. The molecule has 3 aliphatic carbocycles. The van der Waals surface area contributed by atoms with Crippen molar-refractivity contribution in [1.29, 1.82) is 0 Å². The second-order valence-corrected chi connectivity index (χ2v) is 13.3. The van der Waals surface area contributed by atoms with E-state index in [0.29, 0.717) is 30.5 Å². The van der Waals surface area contributed by atoms with Crippen molar-refractivity contribution < 1.29 is 14.3 Å². The molecule has 6 unspecified atom stereocenters. The van der Waals surface area contributed by atoms with Gasteiger partial charge in [-0.1, -0.05) is 57.9 Å². The lowest BCUT2D eigenvalue weighted by atomic mass is 9.50. The number of rotatable bonds is 3. The van der Waals surface area contributed by atoms with E-state index >= 15 is 0 Å². The molecule has 0 bridgehead atoms.